The maximum Gasteiger partial charge on any atom is 0.0349 e. The first kappa shape index (κ1) is 11.7. The van der Waals surface area contributed by atoms with Gasteiger partial charge in [-0.2, -0.15) is 0 Å². The zero-order chi connectivity index (χ0) is 13.1. The van der Waals surface area contributed by atoms with Crippen molar-refractivity contribution in [3.05, 3.63) is 84.7 Å². The predicted molar refractivity (Wildman–Crippen MR) is 80.7 cm³/mol. The van der Waals surface area contributed by atoms with Gasteiger partial charge in [0.25, 0.3) is 0 Å². The molecule has 1 aromatic heterocycles. The Labute approximate surface area is 113 Å². The van der Waals surface area contributed by atoms with Gasteiger partial charge in [0, 0.05) is 18.0 Å². The van der Waals surface area contributed by atoms with E-state index in [9.17, 15) is 0 Å². The third-order valence-electron chi connectivity index (χ3n) is 3.36. The van der Waals surface area contributed by atoms with Crippen LogP contribution in [0, 0.1) is 0 Å². The Morgan fingerprint density at radius 2 is 1.79 bits per heavy atom. The summed E-state index contributed by atoms with van der Waals surface area (Å²) in [5.74, 6) is 0. The van der Waals surface area contributed by atoms with Crippen LogP contribution in [0.25, 0.3) is 16.7 Å². The lowest BCUT2D eigenvalue weighted by Crippen LogP contribution is -1.94. The third-order valence-corrected chi connectivity index (χ3v) is 3.36. The van der Waals surface area contributed by atoms with Gasteiger partial charge >= 0.3 is 0 Å². The maximum absolute atomic E-state index is 4.28. The van der Waals surface area contributed by atoms with Crippen molar-refractivity contribution in [1.82, 2.24) is 4.98 Å². The molecule has 3 rings (SSSR count). The lowest BCUT2D eigenvalue weighted by atomic mass is 9.91. The minimum atomic E-state index is 0.920. The monoisotopic (exact) mass is 245 g/mol. The zero-order valence-electron chi connectivity index (χ0n) is 10.7. The number of rotatable bonds is 0. The lowest BCUT2D eigenvalue weighted by molar-refractivity contribution is 1.21. The van der Waals surface area contributed by atoms with E-state index in [-0.39, 0.29) is 0 Å². The number of aromatic nitrogens is 1. The molecule has 0 unspecified atom stereocenters. The topological polar surface area (TPSA) is 12.9 Å². The Hall–Kier alpha value is -2.41. The molecule has 1 nitrogen and oxygen atoms in total. The highest BCUT2D eigenvalue weighted by Gasteiger charge is 2.10. The first-order valence-electron chi connectivity index (χ1n) is 6.41. The van der Waals surface area contributed by atoms with E-state index in [2.05, 4.69) is 60.1 Å². The number of hydrogen-bond acceptors (Lipinski definition) is 1. The first-order chi connectivity index (χ1) is 9.36. The summed E-state index contributed by atoms with van der Waals surface area (Å²) < 4.78 is 0. The molecule has 0 bridgehead atoms. The van der Waals surface area contributed by atoms with Crippen LogP contribution in [0.4, 0.5) is 0 Å². The van der Waals surface area contributed by atoms with Crippen LogP contribution in [0.15, 0.2) is 73.6 Å². The van der Waals surface area contributed by atoms with Crippen LogP contribution in [0.2, 0.25) is 0 Å². The van der Waals surface area contributed by atoms with Crippen LogP contribution < -0.4 is 0 Å². The molecule has 0 spiro atoms. The molecule has 1 aliphatic rings. The van der Waals surface area contributed by atoms with E-state index in [0.29, 0.717) is 0 Å². The van der Waals surface area contributed by atoms with Crippen LogP contribution in [0.1, 0.15) is 11.1 Å². The second kappa shape index (κ2) is 5.07. The normalized spacial score (nSPS) is 17.2. The van der Waals surface area contributed by atoms with E-state index >= 15 is 0 Å². The molecule has 0 saturated heterocycles. The molecule has 0 radical (unpaired) electrons. The van der Waals surface area contributed by atoms with Gasteiger partial charge in [0.2, 0.25) is 0 Å². The maximum atomic E-state index is 4.28. The molecular weight excluding hydrogens is 230 g/mol. The highest BCUT2D eigenvalue weighted by atomic mass is 14.6. The summed E-state index contributed by atoms with van der Waals surface area (Å²) in [7, 11) is 0. The summed E-state index contributed by atoms with van der Waals surface area (Å²) in [6.45, 7) is 4.16. The van der Waals surface area contributed by atoms with E-state index in [4.69, 9.17) is 0 Å². The molecule has 1 aliphatic carbocycles. The summed E-state index contributed by atoms with van der Waals surface area (Å²) in [4.78, 5) is 4.28. The summed E-state index contributed by atoms with van der Waals surface area (Å²) >= 11 is 0. The number of fused-ring (bicyclic) bond motifs is 3. The number of benzene rings is 1. The molecule has 1 heterocycles. The van der Waals surface area contributed by atoms with Crippen LogP contribution in [0.3, 0.4) is 0 Å². The van der Waals surface area contributed by atoms with Crippen LogP contribution in [-0.4, -0.2) is 4.98 Å². The number of pyridine rings is 1. The SMILES string of the molecule is C=C1/C=C\C=C/Cc2ccncc2-c2ccccc21. The van der Waals surface area contributed by atoms with Crippen molar-refractivity contribution < 1.29 is 0 Å². The van der Waals surface area contributed by atoms with Crippen molar-refractivity contribution in [3.63, 3.8) is 0 Å². The summed E-state index contributed by atoms with van der Waals surface area (Å²) in [6, 6.07) is 10.5. The molecule has 0 fully saturated rings. The van der Waals surface area contributed by atoms with Crippen molar-refractivity contribution in [2.75, 3.05) is 0 Å². The average molecular weight is 245 g/mol. The van der Waals surface area contributed by atoms with Crippen molar-refractivity contribution in [2.45, 2.75) is 6.42 Å². The minimum absolute atomic E-state index is 0.920. The van der Waals surface area contributed by atoms with Gasteiger partial charge in [0.1, 0.15) is 0 Å². The molecule has 0 N–H and O–H groups in total. The fourth-order valence-corrected chi connectivity index (χ4v) is 2.38. The minimum Gasteiger partial charge on any atom is -0.264 e. The molecule has 1 heteroatoms. The largest absolute Gasteiger partial charge is 0.264 e. The van der Waals surface area contributed by atoms with E-state index in [0.717, 1.165) is 12.0 Å². The molecular formula is C18H15N. The fourth-order valence-electron chi connectivity index (χ4n) is 2.38. The Morgan fingerprint density at radius 1 is 0.947 bits per heavy atom. The predicted octanol–water partition coefficient (Wildman–Crippen LogP) is 4.43. The van der Waals surface area contributed by atoms with Gasteiger partial charge in [0.15, 0.2) is 0 Å². The summed E-state index contributed by atoms with van der Waals surface area (Å²) in [5, 5.41) is 0. The van der Waals surface area contributed by atoms with Gasteiger partial charge in [-0.3, -0.25) is 4.98 Å². The lowest BCUT2D eigenvalue weighted by Gasteiger charge is -2.13. The van der Waals surface area contributed by atoms with Gasteiger partial charge in [-0.1, -0.05) is 55.1 Å². The van der Waals surface area contributed by atoms with Crippen LogP contribution >= 0.6 is 0 Å². The standard InChI is InChI=1S/C18H15N/c1-14-7-3-2-4-8-15-11-12-19-13-18(15)17-10-6-5-9-16(14)17/h2-7,9-13H,1,8H2/b4-2-,7-3-. The van der Waals surface area contributed by atoms with Gasteiger partial charge < -0.3 is 0 Å². The van der Waals surface area contributed by atoms with Gasteiger partial charge in [-0.15, -0.1) is 0 Å². The summed E-state index contributed by atoms with van der Waals surface area (Å²) in [5.41, 5.74) is 5.89. The Kier molecular flexibility index (Phi) is 3.11. The van der Waals surface area contributed by atoms with E-state index in [1.54, 1.807) is 0 Å². The Balaban J connectivity index is 2.28. The van der Waals surface area contributed by atoms with Crippen molar-refractivity contribution in [2.24, 2.45) is 0 Å². The van der Waals surface area contributed by atoms with Crippen LogP contribution in [0.5, 0.6) is 0 Å². The Bertz CT molecular complexity index is 678. The molecule has 2 aromatic rings. The molecule has 0 saturated carbocycles. The van der Waals surface area contributed by atoms with E-state index in [1.165, 1.54) is 22.3 Å². The first-order valence-corrected chi connectivity index (χ1v) is 6.41. The van der Waals surface area contributed by atoms with Gasteiger partial charge in [-0.25, -0.2) is 0 Å². The fraction of sp³-hybridized carbons (Fsp3) is 0.0556. The van der Waals surface area contributed by atoms with Crippen molar-refractivity contribution in [3.8, 4) is 11.1 Å². The summed E-state index contributed by atoms with van der Waals surface area (Å²) in [6.07, 6.45) is 13.1. The number of allylic oxidation sites excluding steroid dienone is 5. The second-order valence-electron chi connectivity index (χ2n) is 4.60. The van der Waals surface area contributed by atoms with Crippen molar-refractivity contribution >= 4 is 5.57 Å². The van der Waals surface area contributed by atoms with E-state index < -0.39 is 0 Å². The molecule has 92 valence electrons. The van der Waals surface area contributed by atoms with E-state index in [1.807, 2.05) is 18.5 Å². The highest BCUT2D eigenvalue weighted by molar-refractivity contribution is 5.85. The van der Waals surface area contributed by atoms with Crippen molar-refractivity contribution in [1.29, 1.82) is 0 Å². The molecule has 0 atom stereocenters. The molecule has 0 aliphatic heterocycles. The Morgan fingerprint density at radius 3 is 2.68 bits per heavy atom. The van der Waals surface area contributed by atoms with Gasteiger partial charge in [-0.05, 0) is 34.8 Å². The second-order valence-corrected chi connectivity index (χ2v) is 4.60. The highest BCUT2D eigenvalue weighted by Crippen LogP contribution is 2.31. The third kappa shape index (κ3) is 2.27. The number of nitrogens with zero attached hydrogens (tertiary/aromatic N) is 1. The average Bonchev–Trinajstić information content (AvgIpc) is 2.47. The number of hydrogen-bond donors (Lipinski definition) is 0. The van der Waals surface area contributed by atoms with Crippen LogP contribution in [-0.2, 0) is 6.42 Å². The molecule has 1 aromatic carbocycles. The molecule has 0 amide bonds. The molecule has 19 heavy (non-hydrogen) atoms. The zero-order valence-corrected chi connectivity index (χ0v) is 10.7. The smallest absolute Gasteiger partial charge is 0.0349 e. The quantitative estimate of drug-likeness (QED) is 0.669. The van der Waals surface area contributed by atoms with Gasteiger partial charge in [0.05, 0.1) is 0 Å².